The maximum absolute atomic E-state index is 13.6. The molecule has 0 fully saturated rings. The highest BCUT2D eigenvalue weighted by molar-refractivity contribution is 7.91. The lowest BCUT2D eigenvalue weighted by Crippen LogP contribution is -2.03. The van der Waals surface area contributed by atoms with Crippen LogP contribution in [0.4, 0.5) is 0 Å². The first-order valence-electron chi connectivity index (χ1n) is 16.2. The molecule has 50 heavy (non-hydrogen) atoms. The van der Waals surface area contributed by atoms with Gasteiger partial charge in [0.15, 0.2) is 0 Å². The summed E-state index contributed by atoms with van der Waals surface area (Å²) in [5.41, 5.74) is 8.17. The van der Waals surface area contributed by atoms with Crippen molar-refractivity contribution in [1.29, 1.82) is 5.26 Å². The van der Waals surface area contributed by atoms with Gasteiger partial charge in [-0.25, -0.2) is 8.42 Å². The van der Waals surface area contributed by atoms with Gasteiger partial charge in [0.25, 0.3) is 0 Å². The van der Waals surface area contributed by atoms with E-state index in [0.29, 0.717) is 5.56 Å². The molecule has 10 rings (SSSR count). The number of hydrogen-bond acceptors (Lipinski definition) is 4. The van der Waals surface area contributed by atoms with Crippen LogP contribution in [0.1, 0.15) is 5.56 Å². The predicted octanol–water partition coefficient (Wildman–Crippen LogP) is 10.5. The third-order valence-corrected chi connectivity index (χ3v) is 11.6. The summed E-state index contributed by atoms with van der Waals surface area (Å²) in [7, 11) is -3.79. The smallest absolute Gasteiger partial charge is 0.206 e. The molecule has 0 amide bonds. The fourth-order valence-corrected chi connectivity index (χ4v) is 8.71. The maximum atomic E-state index is 13.6. The van der Waals surface area contributed by atoms with Crippen molar-refractivity contribution in [2.75, 3.05) is 0 Å². The molecule has 0 spiro atoms. The number of fused-ring (bicyclic) bond motifs is 9. The van der Waals surface area contributed by atoms with Crippen molar-refractivity contribution in [1.82, 2.24) is 9.13 Å². The second-order valence-corrected chi connectivity index (χ2v) is 14.5. The monoisotopic (exact) mass is 663 g/mol. The maximum Gasteiger partial charge on any atom is 0.206 e. The van der Waals surface area contributed by atoms with Crippen LogP contribution >= 0.6 is 0 Å². The van der Waals surface area contributed by atoms with Gasteiger partial charge in [-0.3, -0.25) is 0 Å². The van der Waals surface area contributed by atoms with E-state index in [2.05, 4.69) is 88.0 Å². The van der Waals surface area contributed by atoms with E-state index < -0.39 is 9.84 Å². The molecule has 0 saturated carbocycles. The average molecular weight is 664 g/mol. The minimum atomic E-state index is -3.79. The zero-order chi connectivity index (χ0) is 33.6. The molecule has 0 unspecified atom stereocenters. The number of benzene rings is 7. The summed E-state index contributed by atoms with van der Waals surface area (Å²) < 4.78 is 38.1. The van der Waals surface area contributed by atoms with E-state index in [9.17, 15) is 13.7 Å². The molecule has 3 heterocycles. The van der Waals surface area contributed by atoms with Crippen LogP contribution in [0.15, 0.2) is 166 Å². The average Bonchev–Trinajstić information content (AvgIpc) is 3.80. The van der Waals surface area contributed by atoms with E-state index in [1.165, 1.54) is 24.3 Å². The third-order valence-electron chi connectivity index (χ3n) is 9.77. The lowest BCUT2D eigenvalue weighted by Gasteiger charge is -2.11. The number of para-hydroxylation sites is 3. The van der Waals surface area contributed by atoms with Gasteiger partial charge in [0.05, 0.1) is 43.5 Å². The van der Waals surface area contributed by atoms with Crippen LogP contribution in [0, 0.1) is 11.3 Å². The Morgan fingerprint density at radius 2 is 0.980 bits per heavy atom. The summed E-state index contributed by atoms with van der Waals surface area (Å²) >= 11 is 0. The molecule has 0 aliphatic rings. The predicted molar refractivity (Wildman–Crippen MR) is 199 cm³/mol. The normalized spacial score (nSPS) is 12.1. The zero-order valence-electron chi connectivity index (χ0n) is 26.4. The van der Waals surface area contributed by atoms with Gasteiger partial charge in [0.2, 0.25) is 9.84 Å². The minimum absolute atomic E-state index is 0.146. The first kappa shape index (κ1) is 28.4. The molecule has 0 N–H and O–H groups in total. The lowest BCUT2D eigenvalue weighted by atomic mass is 10.1. The number of rotatable bonds is 4. The highest BCUT2D eigenvalue weighted by Crippen LogP contribution is 2.42. The third kappa shape index (κ3) is 4.03. The number of sulfone groups is 1. The molecule has 10 aromatic rings. The highest BCUT2D eigenvalue weighted by Gasteiger charge is 2.22. The Labute approximate surface area is 286 Å². The molecule has 7 heteroatoms. The van der Waals surface area contributed by atoms with Gasteiger partial charge in [0, 0.05) is 43.7 Å². The first-order valence-corrected chi connectivity index (χ1v) is 17.7. The summed E-state index contributed by atoms with van der Waals surface area (Å²) in [6.45, 7) is 0. The van der Waals surface area contributed by atoms with Gasteiger partial charge in [-0.15, -0.1) is 0 Å². The summed E-state index contributed by atoms with van der Waals surface area (Å²) in [5.74, 6) is 0. The summed E-state index contributed by atoms with van der Waals surface area (Å²) in [6, 6.07) is 50.9. The van der Waals surface area contributed by atoms with Crippen molar-refractivity contribution >= 4 is 75.4 Å². The molecule has 7 aromatic carbocycles. The molecule has 6 nitrogen and oxygen atoms in total. The van der Waals surface area contributed by atoms with Crippen molar-refractivity contribution in [3.05, 3.63) is 157 Å². The molecule has 0 radical (unpaired) electrons. The van der Waals surface area contributed by atoms with Gasteiger partial charge < -0.3 is 13.6 Å². The van der Waals surface area contributed by atoms with Gasteiger partial charge >= 0.3 is 0 Å². The highest BCUT2D eigenvalue weighted by atomic mass is 32.2. The molecule has 0 atom stereocenters. The standard InChI is InChI=1S/C43H25N3O3S/c44-26-27-14-18-30(19-15-27)50(47,48)31-20-16-29(17-21-31)46-40-22-34-32-10-4-6-12-38(32)45(28-8-2-1-3-9-28)39(34)23-35(40)36-25-43-37(24-41(36)46)33-11-5-7-13-42(33)49-43/h1-25H. The van der Waals surface area contributed by atoms with Crippen LogP contribution in [0.2, 0.25) is 0 Å². The van der Waals surface area contributed by atoms with Crippen LogP contribution in [0.5, 0.6) is 0 Å². The van der Waals surface area contributed by atoms with Gasteiger partial charge in [0.1, 0.15) is 11.2 Å². The van der Waals surface area contributed by atoms with E-state index in [-0.39, 0.29) is 9.79 Å². The Kier molecular flexibility index (Phi) is 5.93. The number of hydrogen-bond donors (Lipinski definition) is 0. The summed E-state index contributed by atoms with van der Waals surface area (Å²) in [4.78, 5) is 0.329. The second kappa shape index (κ2) is 10.4. The summed E-state index contributed by atoms with van der Waals surface area (Å²) in [6.07, 6.45) is 0. The Morgan fingerprint density at radius 1 is 0.460 bits per heavy atom. The van der Waals surface area contributed by atoms with Crippen LogP contribution in [-0.2, 0) is 9.84 Å². The van der Waals surface area contributed by atoms with Crippen molar-refractivity contribution in [3.8, 4) is 17.4 Å². The van der Waals surface area contributed by atoms with Crippen molar-refractivity contribution in [2.24, 2.45) is 0 Å². The van der Waals surface area contributed by atoms with Crippen molar-refractivity contribution in [3.63, 3.8) is 0 Å². The van der Waals surface area contributed by atoms with E-state index >= 15 is 0 Å². The topological polar surface area (TPSA) is 80.9 Å². The Hall–Kier alpha value is -6.62. The molecule has 0 aliphatic carbocycles. The zero-order valence-corrected chi connectivity index (χ0v) is 27.2. The molecule has 0 saturated heterocycles. The minimum Gasteiger partial charge on any atom is -0.456 e. The first-order chi connectivity index (χ1) is 24.5. The number of furan rings is 1. The fraction of sp³-hybridized carbons (Fsp3) is 0. The largest absolute Gasteiger partial charge is 0.456 e. The number of nitrogens with zero attached hydrogens (tertiary/aromatic N) is 3. The molecular formula is C43H25N3O3S. The molecule has 236 valence electrons. The Morgan fingerprint density at radius 3 is 1.68 bits per heavy atom. The molecule has 0 aliphatic heterocycles. The molecule has 0 bridgehead atoms. The fourth-order valence-electron chi connectivity index (χ4n) is 7.45. The van der Waals surface area contributed by atoms with E-state index in [4.69, 9.17) is 4.42 Å². The van der Waals surface area contributed by atoms with Crippen LogP contribution in [0.25, 0.3) is 76.9 Å². The Balaban J connectivity index is 1.27. The second-order valence-electron chi connectivity index (χ2n) is 12.5. The quantitative estimate of drug-likeness (QED) is 0.188. The van der Waals surface area contributed by atoms with Crippen molar-refractivity contribution < 1.29 is 12.8 Å². The Bertz CT molecular complexity index is 3150. The van der Waals surface area contributed by atoms with Crippen LogP contribution in [-0.4, -0.2) is 17.6 Å². The molecule has 3 aromatic heterocycles. The molecular weight excluding hydrogens is 639 g/mol. The number of nitriles is 1. The number of aromatic nitrogens is 2. The van der Waals surface area contributed by atoms with Gasteiger partial charge in [-0.1, -0.05) is 54.6 Å². The lowest BCUT2D eigenvalue weighted by molar-refractivity contribution is 0.596. The van der Waals surface area contributed by atoms with E-state index in [1.54, 1.807) is 12.1 Å². The van der Waals surface area contributed by atoms with Crippen molar-refractivity contribution in [2.45, 2.75) is 9.79 Å². The summed E-state index contributed by atoms with van der Waals surface area (Å²) in [5, 5.41) is 15.6. The van der Waals surface area contributed by atoms with E-state index in [0.717, 1.165) is 76.9 Å². The van der Waals surface area contributed by atoms with Gasteiger partial charge in [-0.2, -0.15) is 5.26 Å². The van der Waals surface area contributed by atoms with Crippen LogP contribution < -0.4 is 0 Å². The van der Waals surface area contributed by atoms with Crippen LogP contribution in [0.3, 0.4) is 0 Å². The van der Waals surface area contributed by atoms with E-state index in [1.807, 2.05) is 42.5 Å². The van der Waals surface area contributed by atoms with Gasteiger partial charge in [-0.05, 0) is 97.1 Å². The SMILES string of the molecule is N#Cc1ccc(S(=O)(=O)c2ccc(-n3c4cc5c(cc4c4cc6c(cc43)c3ccccc3n6-c3ccccc3)oc3ccccc35)cc2)cc1.